The third kappa shape index (κ3) is 2.49. The number of esters is 1. The lowest BCUT2D eigenvalue weighted by Crippen LogP contribution is -2.24. The van der Waals surface area contributed by atoms with Crippen LogP contribution in [0.15, 0.2) is 0 Å². The van der Waals surface area contributed by atoms with E-state index in [0.29, 0.717) is 5.92 Å². The predicted molar refractivity (Wildman–Crippen MR) is 52.2 cm³/mol. The molecule has 1 N–H and O–H groups in total. The number of carboxylic acids is 1. The van der Waals surface area contributed by atoms with Gasteiger partial charge in [0, 0.05) is 0 Å². The molecule has 0 unspecified atom stereocenters. The predicted octanol–water partition coefficient (Wildman–Crippen LogP) is 1.58. The van der Waals surface area contributed by atoms with Crippen molar-refractivity contribution in [3.8, 4) is 0 Å². The van der Waals surface area contributed by atoms with Crippen LogP contribution in [0.4, 0.5) is 0 Å². The lowest BCUT2D eigenvalue weighted by molar-refractivity contribution is -0.154. The molecule has 0 aromatic heterocycles. The summed E-state index contributed by atoms with van der Waals surface area (Å²) in [6, 6.07) is 0. The third-order valence-corrected chi connectivity index (χ3v) is 3.50. The molecule has 2 bridgehead atoms. The Hall–Kier alpha value is -1.06. The standard InChI is InChI=1S/C11H16O4/c12-10(13)3-4-11(14)15-9-6-7-1-2-8(9)5-7/h7-9H,1-6H2,(H,12,13)/t7-,8-,9-/m1/s1. The zero-order valence-corrected chi connectivity index (χ0v) is 8.65. The van der Waals surface area contributed by atoms with Crippen molar-refractivity contribution in [1.82, 2.24) is 0 Å². The van der Waals surface area contributed by atoms with Gasteiger partial charge in [0.05, 0.1) is 12.8 Å². The van der Waals surface area contributed by atoms with E-state index in [1.807, 2.05) is 0 Å². The Labute approximate surface area is 88.6 Å². The van der Waals surface area contributed by atoms with E-state index < -0.39 is 5.97 Å². The second-order valence-electron chi connectivity index (χ2n) is 4.60. The van der Waals surface area contributed by atoms with Crippen molar-refractivity contribution in [2.75, 3.05) is 0 Å². The molecule has 4 nitrogen and oxygen atoms in total. The zero-order chi connectivity index (χ0) is 10.8. The fourth-order valence-corrected chi connectivity index (χ4v) is 2.77. The Morgan fingerprint density at radius 3 is 2.53 bits per heavy atom. The van der Waals surface area contributed by atoms with Crippen molar-refractivity contribution in [2.45, 2.75) is 44.6 Å². The Kier molecular flexibility index (Phi) is 2.93. The number of ether oxygens (including phenoxy) is 1. The minimum absolute atomic E-state index is 0.00319. The summed E-state index contributed by atoms with van der Waals surface area (Å²) in [4.78, 5) is 21.6. The SMILES string of the molecule is O=C(O)CCC(=O)O[C@@H]1C[C@@H]2CC[C@@H]1C2. The van der Waals surface area contributed by atoms with Crippen molar-refractivity contribution in [3.05, 3.63) is 0 Å². The number of hydrogen-bond acceptors (Lipinski definition) is 3. The maximum absolute atomic E-state index is 11.3. The average Bonchev–Trinajstić information content (AvgIpc) is 2.76. The molecule has 84 valence electrons. The maximum Gasteiger partial charge on any atom is 0.306 e. The molecule has 0 aromatic rings. The number of carboxylic acid groups (broad SMARTS) is 1. The van der Waals surface area contributed by atoms with Crippen LogP contribution in [-0.4, -0.2) is 23.1 Å². The largest absolute Gasteiger partial charge is 0.481 e. The molecule has 15 heavy (non-hydrogen) atoms. The summed E-state index contributed by atoms with van der Waals surface area (Å²) in [5.41, 5.74) is 0. The van der Waals surface area contributed by atoms with E-state index in [2.05, 4.69) is 0 Å². The fourth-order valence-electron chi connectivity index (χ4n) is 2.77. The van der Waals surface area contributed by atoms with E-state index in [-0.39, 0.29) is 24.9 Å². The Balaban J connectivity index is 1.73. The molecule has 0 aromatic carbocycles. The van der Waals surface area contributed by atoms with Crippen LogP contribution in [0.1, 0.15) is 38.5 Å². The van der Waals surface area contributed by atoms with Crippen molar-refractivity contribution < 1.29 is 19.4 Å². The molecule has 0 heterocycles. The molecule has 2 rings (SSSR count). The highest BCUT2D eigenvalue weighted by molar-refractivity contribution is 5.76. The number of carbonyl (C=O) groups excluding carboxylic acids is 1. The Bertz CT molecular complexity index is 274. The molecule has 3 atom stereocenters. The summed E-state index contributed by atoms with van der Waals surface area (Å²) in [6.07, 6.45) is 4.57. The van der Waals surface area contributed by atoms with Crippen molar-refractivity contribution >= 4 is 11.9 Å². The minimum Gasteiger partial charge on any atom is -0.481 e. The molecular formula is C11H16O4. The number of carbonyl (C=O) groups is 2. The summed E-state index contributed by atoms with van der Waals surface area (Å²) < 4.78 is 5.29. The van der Waals surface area contributed by atoms with Crippen LogP contribution in [0.5, 0.6) is 0 Å². The van der Waals surface area contributed by atoms with E-state index in [1.54, 1.807) is 0 Å². The quantitative estimate of drug-likeness (QED) is 0.718. The lowest BCUT2D eigenvalue weighted by Gasteiger charge is -2.21. The number of hydrogen-bond donors (Lipinski definition) is 1. The fraction of sp³-hybridized carbons (Fsp3) is 0.818. The van der Waals surface area contributed by atoms with Crippen LogP contribution in [0.2, 0.25) is 0 Å². The summed E-state index contributed by atoms with van der Waals surface area (Å²) in [5.74, 6) is -0.00843. The van der Waals surface area contributed by atoms with Crippen LogP contribution < -0.4 is 0 Å². The lowest BCUT2D eigenvalue weighted by atomic mass is 9.98. The second kappa shape index (κ2) is 4.21. The van der Waals surface area contributed by atoms with Crippen LogP contribution in [0, 0.1) is 11.8 Å². The van der Waals surface area contributed by atoms with Gasteiger partial charge in [-0.15, -0.1) is 0 Å². The molecule has 0 saturated heterocycles. The first-order valence-corrected chi connectivity index (χ1v) is 5.56. The van der Waals surface area contributed by atoms with Gasteiger partial charge in [0.2, 0.25) is 0 Å². The van der Waals surface area contributed by atoms with Gasteiger partial charge in [0.15, 0.2) is 0 Å². The van der Waals surface area contributed by atoms with Gasteiger partial charge in [-0.05, 0) is 37.5 Å². The van der Waals surface area contributed by atoms with Gasteiger partial charge in [-0.1, -0.05) is 0 Å². The molecule has 2 saturated carbocycles. The van der Waals surface area contributed by atoms with Crippen LogP contribution in [0.3, 0.4) is 0 Å². The molecular weight excluding hydrogens is 196 g/mol. The summed E-state index contributed by atoms with van der Waals surface area (Å²) in [6.45, 7) is 0. The van der Waals surface area contributed by atoms with E-state index >= 15 is 0 Å². The van der Waals surface area contributed by atoms with Crippen molar-refractivity contribution in [3.63, 3.8) is 0 Å². The van der Waals surface area contributed by atoms with Gasteiger partial charge in [-0.25, -0.2) is 0 Å². The molecule has 0 aliphatic heterocycles. The summed E-state index contributed by atoms with van der Waals surface area (Å²) >= 11 is 0. The van der Waals surface area contributed by atoms with Gasteiger partial charge in [0.1, 0.15) is 6.10 Å². The molecule has 0 amide bonds. The van der Waals surface area contributed by atoms with Gasteiger partial charge in [0.25, 0.3) is 0 Å². The van der Waals surface area contributed by atoms with Gasteiger partial charge in [-0.3, -0.25) is 9.59 Å². The van der Waals surface area contributed by atoms with Gasteiger partial charge in [-0.2, -0.15) is 0 Å². The smallest absolute Gasteiger partial charge is 0.306 e. The van der Waals surface area contributed by atoms with Crippen LogP contribution in [0.25, 0.3) is 0 Å². The first kappa shape index (κ1) is 10.5. The normalized spacial score (nSPS) is 32.9. The summed E-state index contributed by atoms with van der Waals surface area (Å²) in [7, 11) is 0. The highest BCUT2D eigenvalue weighted by atomic mass is 16.5. The molecule has 2 aliphatic carbocycles. The molecule has 2 aliphatic rings. The van der Waals surface area contributed by atoms with Crippen molar-refractivity contribution in [2.24, 2.45) is 11.8 Å². The van der Waals surface area contributed by atoms with Gasteiger partial charge < -0.3 is 9.84 Å². The molecule has 4 heteroatoms. The van der Waals surface area contributed by atoms with Crippen molar-refractivity contribution in [1.29, 1.82) is 0 Å². The highest BCUT2D eigenvalue weighted by Gasteiger charge is 2.41. The molecule has 0 radical (unpaired) electrons. The summed E-state index contributed by atoms with van der Waals surface area (Å²) in [5, 5.41) is 8.42. The Morgan fingerprint density at radius 2 is 2.00 bits per heavy atom. The monoisotopic (exact) mass is 212 g/mol. The average molecular weight is 212 g/mol. The number of fused-ring (bicyclic) bond motifs is 2. The highest BCUT2D eigenvalue weighted by Crippen LogP contribution is 2.45. The van der Waals surface area contributed by atoms with Crippen LogP contribution >= 0.6 is 0 Å². The maximum atomic E-state index is 11.3. The second-order valence-corrected chi connectivity index (χ2v) is 4.60. The Morgan fingerprint density at radius 1 is 1.20 bits per heavy atom. The van der Waals surface area contributed by atoms with E-state index in [1.165, 1.54) is 19.3 Å². The van der Waals surface area contributed by atoms with E-state index in [9.17, 15) is 9.59 Å². The topological polar surface area (TPSA) is 63.6 Å². The first-order chi connectivity index (χ1) is 7.15. The third-order valence-electron chi connectivity index (χ3n) is 3.50. The number of rotatable bonds is 4. The molecule has 2 fully saturated rings. The van der Waals surface area contributed by atoms with E-state index in [4.69, 9.17) is 9.84 Å². The van der Waals surface area contributed by atoms with E-state index in [0.717, 1.165) is 12.3 Å². The molecule has 0 spiro atoms. The first-order valence-electron chi connectivity index (χ1n) is 5.56. The number of aliphatic carboxylic acids is 1. The van der Waals surface area contributed by atoms with Gasteiger partial charge >= 0.3 is 11.9 Å². The zero-order valence-electron chi connectivity index (χ0n) is 8.65. The minimum atomic E-state index is -0.945. The van der Waals surface area contributed by atoms with Crippen LogP contribution in [-0.2, 0) is 14.3 Å².